The fraction of sp³-hybridized carbons (Fsp3) is 0.800. The smallest absolute Gasteiger partial charge is 0.0772 e. The Morgan fingerprint density at radius 2 is 2.50 bits per heavy atom. The topological polar surface area (TPSA) is 38.0 Å². The molecule has 1 heterocycles. The Labute approximate surface area is 54.4 Å². The van der Waals surface area contributed by atoms with Crippen LogP contribution in [0.2, 0.25) is 0 Å². The number of rotatable bonds is 1. The second kappa shape index (κ2) is 2.42. The van der Waals surface area contributed by atoms with Crippen molar-refractivity contribution < 1.29 is 0 Å². The van der Waals surface area contributed by atoms with E-state index in [0.717, 1.165) is 19.5 Å². The Morgan fingerprint density at radius 1 is 1.75 bits per heavy atom. The van der Waals surface area contributed by atoms with Gasteiger partial charge in [-0.15, -0.1) is 0 Å². The molecular weight excluding hydrogens is 120 g/mol. The van der Waals surface area contributed by atoms with Crippen LogP contribution in [0, 0.1) is 5.92 Å². The maximum absolute atomic E-state index is 5.39. The van der Waals surface area contributed by atoms with Crippen LogP contribution >= 0.6 is 12.2 Å². The molecule has 0 aliphatic carbocycles. The van der Waals surface area contributed by atoms with Crippen LogP contribution in [0.5, 0.6) is 0 Å². The van der Waals surface area contributed by atoms with E-state index in [1.54, 1.807) is 0 Å². The zero-order valence-electron chi connectivity index (χ0n) is 4.68. The van der Waals surface area contributed by atoms with E-state index in [-0.39, 0.29) is 0 Å². The summed E-state index contributed by atoms with van der Waals surface area (Å²) in [5.74, 6) is 0.463. The van der Waals surface area contributed by atoms with Gasteiger partial charge in [-0.05, 0) is 13.0 Å². The van der Waals surface area contributed by atoms with E-state index in [1.165, 1.54) is 0 Å². The van der Waals surface area contributed by atoms with E-state index in [9.17, 15) is 0 Å². The molecule has 1 fully saturated rings. The standard InChI is InChI=1S/C5H10N2S/c6-5(8)4-1-2-7-3-4/h4,7H,1-3H2,(H2,6,8). The lowest BCUT2D eigenvalue weighted by Crippen LogP contribution is -2.22. The molecule has 0 aromatic rings. The molecule has 0 amide bonds. The molecule has 0 saturated carbocycles. The minimum absolute atomic E-state index is 0.463. The molecule has 46 valence electrons. The van der Waals surface area contributed by atoms with Gasteiger partial charge in [0.25, 0.3) is 0 Å². The molecule has 0 aromatic carbocycles. The predicted octanol–water partition coefficient (Wildman–Crippen LogP) is -0.118. The lowest BCUT2D eigenvalue weighted by Gasteiger charge is -2.01. The molecule has 0 bridgehead atoms. The van der Waals surface area contributed by atoms with Gasteiger partial charge in [-0.3, -0.25) is 0 Å². The van der Waals surface area contributed by atoms with Crippen LogP contribution in [0.3, 0.4) is 0 Å². The first-order valence-electron chi connectivity index (χ1n) is 2.81. The largest absolute Gasteiger partial charge is 0.393 e. The van der Waals surface area contributed by atoms with Crippen LogP contribution in [0.4, 0.5) is 0 Å². The van der Waals surface area contributed by atoms with E-state index in [1.807, 2.05) is 0 Å². The Balaban J connectivity index is 2.35. The maximum atomic E-state index is 5.39. The van der Waals surface area contributed by atoms with Gasteiger partial charge in [0.15, 0.2) is 0 Å². The fourth-order valence-corrected chi connectivity index (χ4v) is 1.10. The SMILES string of the molecule is NC(=S)C1CCNC1. The van der Waals surface area contributed by atoms with Crippen molar-refractivity contribution in [3.63, 3.8) is 0 Å². The van der Waals surface area contributed by atoms with Crippen molar-refractivity contribution in [2.24, 2.45) is 11.7 Å². The molecule has 1 saturated heterocycles. The minimum atomic E-state index is 0.463. The van der Waals surface area contributed by atoms with Gasteiger partial charge >= 0.3 is 0 Å². The van der Waals surface area contributed by atoms with Gasteiger partial charge in [-0.1, -0.05) is 12.2 Å². The van der Waals surface area contributed by atoms with Crippen molar-refractivity contribution in [1.29, 1.82) is 0 Å². The molecule has 1 aliphatic rings. The molecule has 1 rings (SSSR count). The van der Waals surface area contributed by atoms with Gasteiger partial charge in [0, 0.05) is 12.5 Å². The average molecular weight is 130 g/mol. The summed E-state index contributed by atoms with van der Waals surface area (Å²) in [6.07, 6.45) is 1.12. The lowest BCUT2D eigenvalue weighted by atomic mass is 10.1. The number of thiocarbonyl (C=S) groups is 1. The summed E-state index contributed by atoms with van der Waals surface area (Å²) >= 11 is 4.79. The van der Waals surface area contributed by atoms with Crippen LogP contribution in [-0.4, -0.2) is 18.1 Å². The third kappa shape index (κ3) is 1.17. The summed E-state index contributed by atoms with van der Waals surface area (Å²) in [6, 6.07) is 0. The van der Waals surface area contributed by atoms with Gasteiger partial charge in [0.1, 0.15) is 0 Å². The van der Waals surface area contributed by atoms with Gasteiger partial charge in [-0.2, -0.15) is 0 Å². The molecule has 1 unspecified atom stereocenters. The van der Waals surface area contributed by atoms with Gasteiger partial charge < -0.3 is 11.1 Å². The molecule has 1 atom stereocenters. The Bertz CT molecular complexity index is 96.6. The van der Waals surface area contributed by atoms with Crippen molar-refractivity contribution in [2.75, 3.05) is 13.1 Å². The van der Waals surface area contributed by atoms with Crippen molar-refractivity contribution >= 4 is 17.2 Å². The molecule has 3 N–H and O–H groups in total. The zero-order valence-corrected chi connectivity index (χ0v) is 5.50. The highest BCUT2D eigenvalue weighted by molar-refractivity contribution is 7.80. The molecule has 0 aromatic heterocycles. The molecule has 3 heteroatoms. The first kappa shape index (κ1) is 5.98. The normalized spacial score (nSPS) is 28.2. The number of hydrogen-bond acceptors (Lipinski definition) is 2. The molecule has 0 radical (unpaired) electrons. The van der Waals surface area contributed by atoms with Crippen molar-refractivity contribution in [3.05, 3.63) is 0 Å². The van der Waals surface area contributed by atoms with E-state index in [0.29, 0.717) is 10.9 Å². The summed E-state index contributed by atoms with van der Waals surface area (Å²) in [6.45, 7) is 2.05. The van der Waals surface area contributed by atoms with Crippen LogP contribution in [0.15, 0.2) is 0 Å². The van der Waals surface area contributed by atoms with Crippen LogP contribution < -0.4 is 11.1 Å². The molecule has 1 aliphatic heterocycles. The predicted molar refractivity (Wildman–Crippen MR) is 37.8 cm³/mol. The number of hydrogen-bond donors (Lipinski definition) is 2. The van der Waals surface area contributed by atoms with E-state index >= 15 is 0 Å². The van der Waals surface area contributed by atoms with Crippen LogP contribution in [0.25, 0.3) is 0 Å². The molecule has 2 nitrogen and oxygen atoms in total. The number of nitrogens with two attached hydrogens (primary N) is 1. The second-order valence-corrected chi connectivity index (χ2v) is 2.56. The van der Waals surface area contributed by atoms with Crippen molar-refractivity contribution in [3.8, 4) is 0 Å². The minimum Gasteiger partial charge on any atom is -0.393 e. The van der Waals surface area contributed by atoms with Gasteiger partial charge in [-0.25, -0.2) is 0 Å². The summed E-state index contributed by atoms with van der Waals surface area (Å²) < 4.78 is 0. The highest BCUT2D eigenvalue weighted by Gasteiger charge is 2.15. The summed E-state index contributed by atoms with van der Waals surface area (Å²) in [4.78, 5) is 0.662. The third-order valence-electron chi connectivity index (χ3n) is 1.46. The highest BCUT2D eigenvalue weighted by atomic mass is 32.1. The van der Waals surface area contributed by atoms with Gasteiger partial charge in [0.05, 0.1) is 4.99 Å². The fourth-order valence-electron chi connectivity index (χ4n) is 0.897. The highest BCUT2D eigenvalue weighted by Crippen LogP contribution is 2.06. The Kier molecular flexibility index (Phi) is 1.81. The quantitative estimate of drug-likeness (QED) is 0.486. The summed E-state index contributed by atoms with van der Waals surface area (Å²) in [7, 11) is 0. The third-order valence-corrected chi connectivity index (χ3v) is 1.80. The van der Waals surface area contributed by atoms with E-state index in [4.69, 9.17) is 18.0 Å². The van der Waals surface area contributed by atoms with E-state index < -0.39 is 0 Å². The molecule has 0 spiro atoms. The lowest BCUT2D eigenvalue weighted by molar-refractivity contribution is 0.776. The van der Waals surface area contributed by atoms with Crippen LogP contribution in [0.1, 0.15) is 6.42 Å². The Morgan fingerprint density at radius 3 is 2.75 bits per heavy atom. The van der Waals surface area contributed by atoms with E-state index in [2.05, 4.69) is 5.32 Å². The molecule has 8 heavy (non-hydrogen) atoms. The Hall–Kier alpha value is -0.150. The number of nitrogens with one attached hydrogen (secondary N) is 1. The first-order valence-corrected chi connectivity index (χ1v) is 3.21. The zero-order chi connectivity index (χ0) is 5.98. The monoisotopic (exact) mass is 130 g/mol. The van der Waals surface area contributed by atoms with Gasteiger partial charge in [0.2, 0.25) is 0 Å². The van der Waals surface area contributed by atoms with Crippen LogP contribution in [-0.2, 0) is 0 Å². The van der Waals surface area contributed by atoms with Crippen molar-refractivity contribution in [1.82, 2.24) is 5.32 Å². The maximum Gasteiger partial charge on any atom is 0.0772 e. The average Bonchev–Trinajstić information content (AvgIpc) is 2.12. The summed E-state index contributed by atoms with van der Waals surface area (Å²) in [5, 5.41) is 3.19. The summed E-state index contributed by atoms with van der Waals surface area (Å²) in [5.41, 5.74) is 5.39. The first-order chi connectivity index (χ1) is 3.80. The second-order valence-electron chi connectivity index (χ2n) is 2.09. The van der Waals surface area contributed by atoms with Crippen molar-refractivity contribution in [2.45, 2.75) is 6.42 Å². The molecular formula is C5H10N2S.